The molecule has 1 aromatic heterocycles. The minimum Gasteiger partial charge on any atom is -0.377 e. The van der Waals surface area contributed by atoms with E-state index in [-0.39, 0.29) is 0 Å². The first-order valence-electron chi connectivity index (χ1n) is 10.3. The fourth-order valence-corrected chi connectivity index (χ4v) is 6.12. The first-order chi connectivity index (χ1) is 12.8. The number of fused-ring (bicyclic) bond motifs is 2. The summed E-state index contributed by atoms with van der Waals surface area (Å²) in [5, 5.41) is 10.9. The highest BCUT2D eigenvalue weighted by Crippen LogP contribution is 2.60. The number of H-pyrrole nitrogens is 1. The molecule has 1 aromatic rings. The number of rotatable bonds is 2. The van der Waals surface area contributed by atoms with Crippen LogP contribution < -0.4 is 5.32 Å². The molecule has 0 amide bonds. The highest BCUT2D eigenvalue weighted by atomic mass is 16.5. The minimum absolute atomic E-state index is 0.370. The predicted molar refractivity (Wildman–Crippen MR) is 99.0 cm³/mol. The maximum atomic E-state index is 6.13. The zero-order chi connectivity index (χ0) is 17.6. The van der Waals surface area contributed by atoms with Gasteiger partial charge in [-0.3, -0.25) is 10.1 Å². The molecular weight excluding hydrogens is 328 g/mol. The summed E-state index contributed by atoms with van der Waals surface area (Å²) in [5.74, 6) is 3.28. The number of ether oxygens (including phenoxy) is 1. The SMILES string of the molecule is CN=C(NC1C2CCOC2C12CCCC2)N1CCC(c2ncn[nH]2)CC1. The number of guanidine groups is 1. The predicted octanol–water partition coefficient (Wildman–Crippen LogP) is 1.91. The summed E-state index contributed by atoms with van der Waals surface area (Å²) < 4.78 is 6.13. The molecule has 4 aliphatic rings. The Labute approximate surface area is 155 Å². The van der Waals surface area contributed by atoms with E-state index in [0.717, 1.165) is 44.3 Å². The van der Waals surface area contributed by atoms with E-state index in [0.29, 0.717) is 29.4 Å². The van der Waals surface area contributed by atoms with E-state index in [2.05, 4.69) is 30.4 Å². The van der Waals surface area contributed by atoms with E-state index >= 15 is 0 Å². The number of aromatic amines is 1. The molecule has 3 heterocycles. The van der Waals surface area contributed by atoms with E-state index in [9.17, 15) is 0 Å². The van der Waals surface area contributed by atoms with Crippen LogP contribution in [0.15, 0.2) is 11.3 Å². The molecular formula is C19H30N6O. The molecule has 2 aliphatic carbocycles. The monoisotopic (exact) mass is 358 g/mol. The van der Waals surface area contributed by atoms with Gasteiger partial charge in [-0.2, -0.15) is 5.10 Å². The zero-order valence-corrected chi connectivity index (χ0v) is 15.7. The van der Waals surface area contributed by atoms with Gasteiger partial charge < -0.3 is 15.0 Å². The molecule has 0 aromatic carbocycles. The molecule has 2 aliphatic heterocycles. The first kappa shape index (κ1) is 16.5. The Morgan fingerprint density at radius 3 is 2.81 bits per heavy atom. The minimum atomic E-state index is 0.370. The van der Waals surface area contributed by atoms with Gasteiger partial charge in [0.15, 0.2) is 5.96 Å². The van der Waals surface area contributed by atoms with E-state index in [1.54, 1.807) is 6.33 Å². The average molecular weight is 358 g/mol. The van der Waals surface area contributed by atoms with Crippen molar-refractivity contribution in [3.63, 3.8) is 0 Å². The van der Waals surface area contributed by atoms with Gasteiger partial charge in [0.2, 0.25) is 0 Å². The normalized spacial score (nSPS) is 34.1. The van der Waals surface area contributed by atoms with Gasteiger partial charge in [-0.1, -0.05) is 12.8 Å². The lowest BCUT2D eigenvalue weighted by atomic mass is 9.54. The Kier molecular flexibility index (Phi) is 4.14. The van der Waals surface area contributed by atoms with Crippen molar-refractivity contribution >= 4 is 5.96 Å². The van der Waals surface area contributed by atoms with Gasteiger partial charge in [0.25, 0.3) is 0 Å². The first-order valence-corrected chi connectivity index (χ1v) is 10.3. The van der Waals surface area contributed by atoms with Crippen LogP contribution in [0.2, 0.25) is 0 Å². The number of hydrogen-bond donors (Lipinski definition) is 2. The second-order valence-electron chi connectivity index (χ2n) is 8.49. The average Bonchev–Trinajstić information content (AvgIpc) is 3.42. The molecule has 2 saturated carbocycles. The highest BCUT2D eigenvalue weighted by Gasteiger charge is 2.65. The Hall–Kier alpha value is -1.63. The summed E-state index contributed by atoms with van der Waals surface area (Å²) in [4.78, 5) is 11.4. The molecule has 2 N–H and O–H groups in total. The second kappa shape index (κ2) is 6.51. The molecule has 26 heavy (non-hydrogen) atoms. The molecule has 4 fully saturated rings. The van der Waals surface area contributed by atoms with Crippen molar-refractivity contribution in [1.82, 2.24) is 25.4 Å². The van der Waals surface area contributed by atoms with Crippen molar-refractivity contribution < 1.29 is 4.74 Å². The van der Waals surface area contributed by atoms with E-state index < -0.39 is 0 Å². The largest absolute Gasteiger partial charge is 0.377 e. The molecule has 2 saturated heterocycles. The number of hydrogen-bond acceptors (Lipinski definition) is 4. The van der Waals surface area contributed by atoms with Crippen LogP contribution in [0.4, 0.5) is 0 Å². The number of nitrogens with zero attached hydrogens (tertiary/aromatic N) is 4. The lowest BCUT2D eigenvalue weighted by Crippen LogP contribution is -2.69. The quantitative estimate of drug-likeness (QED) is 0.624. The Morgan fingerprint density at radius 1 is 1.31 bits per heavy atom. The van der Waals surface area contributed by atoms with Crippen LogP contribution in [0.5, 0.6) is 0 Å². The lowest BCUT2D eigenvalue weighted by molar-refractivity contribution is -0.125. The van der Waals surface area contributed by atoms with Crippen LogP contribution in [0.3, 0.4) is 0 Å². The maximum absolute atomic E-state index is 6.13. The molecule has 3 unspecified atom stereocenters. The van der Waals surface area contributed by atoms with E-state index in [4.69, 9.17) is 4.74 Å². The smallest absolute Gasteiger partial charge is 0.193 e. The van der Waals surface area contributed by atoms with Gasteiger partial charge >= 0.3 is 0 Å². The van der Waals surface area contributed by atoms with Crippen LogP contribution in [-0.2, 0) is 4.74 Å². The van der Waals surface area contributed by atoms with Crippen molar-refractivity contribution in [2.75, 3.05) is 26.7 Å². The van der Waals surface area contributed by atoms with Crippen molar-refractivity contribution in [2.45, 2.75) is 63.0 Å². The third-order valence-corrected chi connectivity index (χ3v) is 7.40. The number of aliphatic imine (C=N–C) groups is 1. The van der Waals surface area contributed by atoms with Gasteiger partial charge in [-0.05, 0) is 32.1 Å². The van der Waals surface area contributed by atoms with E-state index in [1.165, 1.54) is 32.1 Å². The van der Waals surface area contributed by atoms with Crippen LogP contribution in [0, 0.1) is 11.3 Å². The molecule has 0 radical (unpaired) electrons. The molecule has 3 atom stereocenters. The van der Waals surface area contributed by atoms with Gasteiger partial charge in [-0.15, -0.1) is 0 Å². The molecule has 7 nitrogen and oxygen atoms in total. The molecule has 5 rings (SSSR count). The van der Waals surface area contributed by atoms with Crippen molar-refractivity contribution in [3.8, 4) is 0 Å². The van der Waals surface area contributed by atoms with Crippen molar-refractivity contribution in [1.29, 1.82) is 0 Å². The summed E-state index contributed by atoms with van der Waals surface area (Å²) >= 11 is 0. The van der Waals surface area contributed by atoms with Crippen LogP contribution >= 0.6 is 0 Å². The number of nitrogens with one attached hydrogen (secondary N) is 2. The van der Waals surface area contributed by atoms with Crippen LogP contribution in [-0.4, -0.2) is 64.9 Å². The molecule has 1 spiro atoms. The molecule has 142 valence electrons. The second-order valence-corrected chi connectivity index (χ2v) is 8.49. The summed E-state index contributed by atoms with van der Waals surface area (Å²) in [6.45, 7) is 2.99. The Morgan fingerprint density at radius 2 is 2.12 bits per heavy atom. The molecule has 7 heteroatoms. The van der Waals surface area contributed by atoms with Crippen molar-refractivity contribution in [3.05, 3.63) is 12.2 Å². The Balaban J connectivity index is 1.25. The van der Waals surface area contributed by atoms with Crippen molar-refractivity contribution in [2.24, 2.45) is 16.3 Å². The Bertz CT molecular complexity index is 645. The third kappa shape index (κ3) is 2.47. The van der Waals surface area contributed by atoms with Gasteiger partial charge in [0.05, 0.1) is 6.10 Å². The summed E-state index contributed by atoms with van der Waals surface area (Å²) in [7, 11) is 1.92. The highest BCUT2D eigenvalue weighted by molar-refractivity contribution is 5.80. The number of likely N-dealkylation sites (tertiary alicyclic amines) is 1. The fraction of sp³-hybridized carbons (Fsp3) is 0.842. The summed E-state index contributed by atoms with van der Waals surface area (Å²) in [5.41, 5.74) is 0.370. The molecule has 0 bridgehead atoms. The van der Waals surface area contributed by atoms with Crippen LogP contribution in [0.1, 0.15) is 56.7 Å². The third-order valence-electron chi connectivity index (χ3n) is 7.40. The summed E-state index contributed by atoms with van der Waals surface area (Å²) in [6.07, 6.45) is 10.8. The van der Waals surface area contributed by atoms with E-state index in [1.807, 2.05) is 7.05 Å². The fourth-order valence-electron chi connectivity index (χ4n) is 6.12. The van der Waals surface area contributed by atoms with Gasteiger partial charge in [0.1, 0.15) is 12.2 Å². The number of piperidine rings is 1. The maximum Gasteiger partial charge on any atom is 0.193 e. The van der Waals surface area contributed by atoms with Gasteiger partial charge in [0, 0.05) is 50.0 Å². The standard InChI is InChI=1S/C19H30N6O/c1-20-18(25-9-4-13(5-10-25)17-21-12-22-24-17)23-15-14-6-11-26-16(14)19(15)7-2-3-8-19/h12-16H,2-11H2,1H3,(H,20,23)(H,21,22,24). The van der Waals surface area contributed by atoms with Crippen LogP contribution in [0.25, 0.3) is 0 Å². The zero-order valence-electron chi connectivity index (χ0n) is 15.7. The summed E-state index contributed by atoms with van der Waals surface area (Å²) in [6, 6.07) is 0.545. The number of aromatic nitrogens is 3. The lowest BCUT2D eigenvalue weighted by Gasteiger charge is -2.57. The van der Waals surface area contributed by atoms with Gasteiger partial charge in [-0.25, -0.2) is 4.98 Å². The topological polar surface area (TPSA) is 78.4 Å².